The highest BCUT2D eigenvalue weighted by Gasteiger charge is 2.10. The van der Waals surface area contributed by atoms with Crippen LogP contribution in [0.4, 0.5) is 5.69 Å². The van der Waals surface area contributed by atoms with Gasteiger partial charge in [0.25, 0.3) is 5.91 Å². The molecule has 0 unspecified atom stereocenters. The van der Waals surface area contributed by atoms with Gasteiger partial charge in [-0.1, -0.05) is 29.3 Å². The van der Waals surface area contributed by atoms with Crippen molar-refractivity contribution in [2.75, 3.05) is 18.5 Å². The number of benzene rings is 2. The highest BCUT2D eigenvalue weighted by atomic mass is 35.5. The highest BCUT2D eigenvalue weighted by Crippen LogP contribution is 2.29. The molecule has 1 N–H and O–H groups in total. The number of carbonyl (C=O) groups is 2. The molecule has 0 spiro atoms. The van der Waals surface area contributed by atoms with E-state index in [-0.39, 0.29) is 17.5 Å². The average molecular weight is 368 g/mol. The fraction of sp³-hybridized carbons (Fsp3) is 0.176. The standard InChI is InChI=1S/C17H15Cl2NO4/c1-2-23-17(22)11-6-8-12(9-7-11)24-10-15(21)20-14-5-3-4-13(18)16(14)19/h3-9H,2,10H2,1H3,(H,20,21). The summed E-state index contributed by atoms with van der Waals surface area (Å²) in [5.41, 5.74) is 0.829. The van der Waals surface area contributed by atoms with E-state index in [1.54, 1.807) is 49.4 Å². The first-order valence-corrected chi connectivity index (χ1v) is 7.90. The lowest BCUT2D eigenvalue weighted by Crippen LogP contribution is -2.20. The van der Waals surface area contributed by atoms with Crippen LogP contribution >= 0.6 is 23.2 Å². The van der Waals surface area contributed by atoms with Crippen LogP contribution in [0.25, 0.3) is 0 Å². The summed E-state index contributed by atoms with van der Waals surface area (Å²) in [5, 5.41) is 3.23. The van der Waals surface area contributed by atoms with Gasteiger partial charge in [0.1, 0.15) is 5.75 Å². The third kappa shape index (κ3) is 4.88. The lowest BCUT2D eigenvalue weighted by molar-refractivity contribution is -0.118. The van der Waals surface area contributed by atoms with Crippen molar-refractivity contribution in [3.05, 3.63) is 58.1 Å². The molecule has 5 nitrogen and oxygen atoms in total. The Morgan fingerprint density at radius 2 is 1.79 bits per heavy atom. The summed E-state index contributed by atoms with van der Waals surface area (Å²) in [5.74, 6) is -0.332. The van der Waals surface area contributed by atoms with Gasteiger partial charge in [0.05, 0.1) is 27.9 Å². The molecule has 0 aliphatic carbocycles. The van der Waals surface area contributed by atoms with Gasteiger partial charge >= 0.3 is 5.97 Å². The van der Waals surface area contributed by atoms with Gasteiger partial charge in [-0.25, -0.2) is 4.79 Å². The number of ether oxygens (including phenoxy) is 2. The van der Waals surface area contributed by atoms with Crippen LogP contribution in [0.5, 0.6) is 5.75 Å². The van der Waals surface area contributed by atoms with E-state index in [1.807, 2.05) is 0 Å². The summed E-state index contributed by atoms with van der Waals surface area (Å²) < 4.78 is 10.3. The van der Waals surface area contributed by atoms with Crippen LogP contribution < -0.4 is 10.1 Å². The molecule has 7 heteroatoms. The van der Waals surface area contributed by atoms with E-state index in [4.69, 9.17) is 32.7 Å². The Balaban J connectivity index is 1.90. The van der Waals surface area contributed by atoms with Gasteiger partial charge in [0, 0.05) is 0 Å². The van der Waals surface area contributed by atoms with E-state index in [1.165, 1.54) is 0 Å². The van der Waals surface area contributed by atoms with Gasteiger partial charge in [0.15, 0.2) is 6.61 Å². The molecule has 2 aromatic carbocycles. The second kappa shape index (κ2) is 8.57. The average Bonchev–Trinajstić information content (AvgIpc) is 2.58. The molecular weight excluding hydrogens is 353 g/mol. The maximum atomic E-state index is 11.9. The van der Waals surface area contributed by atoms with Gasteiger partial charge in [0.2, 0.25) is 0 Å². The molecule has 0 aliphatic heterocycles. The Hall–Kier alpha value is -2.24. The number of anilines is 1. The fourth-order valence-electron chi connectivity index (χ4n) is 1.84. The minimum atomic E-state index is -0.405. The SMILES string of the molecule is CCOC(=O)c1ccc(OCC(=O)Nc2cccc(Cl)c2Cl)cc1. The van der Waals surface area contributed by atoms with E-state index in [9.17, 15) is 9.59 Å². The molecule has 0 bridgehead atoms. The molecule has 0 aromatic heterocycles. The number of rotatable bonds is 6. The third-order valence-electron chi connectivity index (χ3n) is 2.96. The van der Waals surface area contributed by atoms with Crippen LogP contribution in [0.15, 0.2) is 42.5 Å². The molecule has 0 saturated heterocycles. The maximum Gasteiger partial charge on any atom is 0.338 e. The van der Waals surface area contributed by atoms with Crippen molar-refractivity contribution in [1.29, 1.82) is 0 Å². The van der Waals surface area contributed by atoms with Crippen molar-refractivity contribution in [2.45, 2.75) is 6.92 Å². The Labute approximate surface area is 149 Å². The second-order valence-corrected chi connectivity index (χ2v) is 5.47. The summed E-state index contributed by atoms with van der Waals surface area (Å²) in [7, 11) is 0. The van der Waals surface area contributed by atoms with Gasteiger partial charge in [-0.05, 0) is 43.3 Å². The zero-order valence-corrected chi connectivity index (χ0v) is 14.4. The largest absolute Gasteiger partial charge is 0.484 e. The van der Waals surface area contributed by atoms with Crippen LogP contribution in [0.3, 0.4) is 0 Å². The lowest BCUT2D eigenvalue weighted by Gasteiger charge is -2.10. The summed E-state index contributed by atoms with van der Waals surface area (Å²) in [6.45, 7) is 1.84. The van der Waals surface area contributed by atoms with Crippen molar-refractivity contribution in [3.8, 4) is 5.75 Å². The number of hydrogen-bond acceptors (Lipinski definition) is 4. The number of nitrogens with one attached hydrogen (secondary N) is 1. The summed E-state index contributed by atoms with van der Waals surface area (Å²) >= 11 is 11.9. The molecule has 2 aromatic rings. The normalized spacial score (nSPS) is 10.1. The fourth-order valence-corrected chi connectivity index (χ4v) is 2.18. The topological polar surface area (TPSA) is 64.6 Å². The van der Waals surface area contributed by atoms with Gasteiger partial charge in [-0.2, -0.15) is 0 Å². The first-order valence-electron chi connectivity index (χ1n) is 7.15. The molecule has 0 fully saturated rings. The van der Waals surface area contributed by atoms with Crippen molar-refractivity contribution in [2.24, 2.45) is 0 Å². The predicted octanol–water partition coefficient (Wildman–Crippen LogP) is 4.19. The van der Waals surface area contributed by atoms with Crippen LogP contribution in [-0.4, -0.2) is 25.1 Å². The van der Waals surface area contributed by atoms with Gasteiger partial charge < -0.3 is 14.8 Å². The van der Waals surface area contributed by atoms with E-state index in [2.05, 4.69) is 5.32 Å². The van der Waals surface area contributed by atoms with Crippen LogP contribution in [0.2, 0.25) is 10.0 Å². The number of amides is 1. The first-order chi connectivity index (χ1) is 11.5. The zero-order chi connectivity index (χ0) is 17.5. The monoisotopic (exact) mass is 367 g/mol. The van der Waals surface area contributed by atoms with E-state index in [0.29, 0.717) is 28.6 Å². The van der Waals surface area contributed by atoms with Gasteiger partial charge in [-0.3, -0.25) is 4.79 Å². The summed E-state index contributed by atoms with van der Waals surface area (Å²) in [4.78, 5) is 23.4. The predicted molar refractivity (Wildman–Crippen MR) is 93.0 cm³/mol. The van der Waals surface area contributed by atoms with E-state index in [0.717, 1.165) is 0 Å². The molecule has 0 radical (unpaired) electrons. The summed E-state index contributed by atoms with van der Waals surface area (Å²) in [6.07, 6.45) is 0. The van der Waals surface area contributed by atoms with Crippen molar-refractivity contribution < 1.29 is 19.1 Å². The number of hydrogen-bond donors (Lipinski definition) is 1. The minimum Gasteiger partial charge on any atom is -0.484 e. The molecule has 126 valence electrons. The Morgan fingerprint density at radius 1 is 1.08 bits per heavy atom. The molecule has 1 amide bonds. The van der Waals surface area contributed by atoms with E-state index >= 15 is 0 Å². The first kappa shape index (κ1) is 18.1. The number of esters is 1. The Bertz CT molecular complexity index is 732. The molecule has 0 saturated carbocycles. The molecule has 0 aliphatic rings. The number of halogens is 2. The van der Waals surface area contributed by atoms with Crippen molar-refractivity contribution in [1.82, 2.24) is 0 Å². The molecule has 2 rings (SSSR count). The van der Waals surface area contributed by atoms with Crippen molar-refractivity contribution >= 4 is 40.8 Å². The minimum absolute atomic E-state index is 0.207. The van der Waals surface area contributed by atoms with Crippen molar-refractivity contribution in [3.63, 3.8) is 0 Å². The quantitative estimate of drug-likeness (QED) is 0.777. The smallest absolute Gasteiger partial charge is 0.338 e. The molecular formula is C17H15Cl2NO4. The summed E-state index contributed by atoms with van der Waals surface area (Å²) in [6, 6.07) is 11.3. The zero-order valence-electron chi connectivity index (χ0n) is 12.8. The van der Waals surface area contributed by atoms with Crippen LogP contribution in [-0.2, 0) is 9.53 Å². The second-order valence-electron chi connectivity index (χ2n) is 4.68. The maximum absolute atomic E-state index is 11.9. The molecule has 0 heterocycles. The van der Waals surface area contributed by atoms with Crippen LogP contribution in [0, 0.1) is 0 Å². The van der Waals surface area contributed by atoms with E-state index < -0.39 is 5.97 Å². The molecule has 0 atom stereocenters. The van der Waals surface area contributed by atoms with Crippen LogP contribution in [0.1, 0.15) is 17.3 Å². The highest BCUT2D eigenvalue weighted by molar-refractivity contribution is 6.43. The Morgan fingerprint density at radius 3 is 2.46 bits per heavy atom. The molecule has 24 heavy (non-hydrogen) atoms. The third-order valence-corrected chi connectivity index (χ3v) is 3.78. The number of carbonyl (C=O) groups excluding carboxylic acids is 2. The Kier molecular flexibility index (Phi) is 6.46. The van der Waals surface area contributed by atoms with Gasteiger partial charge in [-0.15, -0.1) is 0 Å². The lowest BCUT2D eigenvalue weighted by atomic mass is 10.2.